The molecule has 0 saturated carbocycles. The fraction of sp³-hybridized carbons (Fsp3) is 0.385. The lowest BCUT2D eigenvalue weighted by molar-refractivity contribution is 0.256. The van der Waals surface area contributed by atoms with Crippen LogP contribution in [0.4, 0.5) is 0 Å². The number of hydrogen-bond donors (Lipinski definition) is 1. The Hall–Kier alpha value is -1.17. The van der Waals surface area contributed by atoms with Crippen molar-refractivity contribution in [2.75, 3.05) is 13.2 Å². The Morgan fingerprint density at radius 3 is 2.61 bits per heavy atom. The third kappa shape index (κ3) is 2.48. The lowest BCUT2D eigenvalue weighted by Crippen LogP contribution is -2.36. The van der Waals surface area contributed by atoms with Gasteiger partial charge in [0.15, 0.2) is 0 Å². The summed E-state index contributed by atoms with van der Waals surface area (Å²) >= 11 is 0. The van der Waals surface area contributed by atoms with Gasteiger partial charge in [-0.1, -0.05) is 29.8 Å². The van der Waals surface area contributed by atoms with Crippen LogP contribution in [0.25, 0.3) is 0 Å². The van der Waals surface area contributed by atoms with Gasteiger partial charge in [-0.15, -0.1) is 0 Å². The number of aliphatic hydroxyl groups excluding tert-OH is 1. The minimum atomic E-state index is -3.47. The number of aryl methyl sites for hydroxylation is 1. The number of benzene rings is 1. The summed E-state index contributed by atoms with van der Waals surface area (Å²) < 4.78 is 26.3. The van der Waals surface area contributed by atoms with Gasteiger partial charge in [-0.05, 0) is 25.5 Å². The molecule has 0 fully saturated rings. The van der Waals surface area contributed by atoms with Crippen molar-refractivity contribution in [2.24, 2.45) is 0 Å². The Morgan fingerprint density at radius 2 is 2.00 bits per heavy atom. The molecule has 1 atom stereocenters. The van der Waals surface area contributed by atoms with Crippen molar-refractivity contribution in [1.29, 1.82) is 0 Å². The van der Waals surface area contributed by atoms with E-state index in [1.165, 1.54) is 4.31 Å². The van der Waals surface area contributed by atoms with Gasteiger partial charge in [0, 0.05) is 19.2 Å². The second-order valence-corrected chi connectivity index (χ2v) is 6.29. The Bertz CT molecular complexity index is 534. The molecule has 1 N–H and O–H groups in total. The molecule has 0 amide bonds. The first-order valence-electron chi connectivity index (χ1n) is 5.92. The zero-order valence-electron chi connectivity index (χ0n) is 10.3. The third-order valence-electron chi connectivity index (χ3n) is 3.07. The van der Waals surface area contributed by atoms with E-state index < -0.39 is 10.0 Å². The molecular formula is C13H17NO3S. The Balaban J connectivity index is 2.28. The molecule has 2 rings (SSSR count). The van der Waals surface area contributed by atoms with Crippen LogP contribution in [0.2, 0.25) is 0 Å². The van der Waals surface area contributed by atoms with Crippen molar-refractivity contribution in [2.45, 2.75) is 24.3 Å². The van der Waals surface area contributed by atoms with E-state index in [0.29, 0.717) is 17.9 Å². The molecule has 0 aliphatic carbocycles. The molecule has 0 unspecified atom stereocenters. The van der Waals surface area contributed by atoms with Gasteiger partial charge in [0.2, 0.25) is 10.0 Å². The second kappa shape index (κ2) is 5.22. The smallest absolute Gasteiger partial charge is 0.243 e. The maximum atomic E-state index is 12.4. The minimum absolute atomic E-state index is 0.0189. The van der Waals surface area contributed by atoms with Crippen LogP contribution >= 0.6 is 0 Å². The van der Waals surface area contributed by atoms with Crippen molar-refractivity contribution in [3.8, 4) is 0 Å². The van der Waals surface area contributed by atoms with E-state index >= 15 is 0 Å². The van der Waals surface area contributed by atoms with Gasteiger partial charge in [0.1, 0.15) is 0 Å². The van der Waals surface area contributed by atoms with Crippen molar-refractivity contribution in [3.05, 3.63) is 42.0 Å². The summed E-state index contributed by atoms with van der Waals surface area (Å²) in [4.78, 5) is 0.305. The van der Waals surface area contributed by atoms with Crippen LogP contribution in [-0.4, -0.2) is 37.0 Å². The lowest BCUT2D eigenvalue weighted by Gasteiger charge is -2.23. The topological polar surface area (TPSA) is 57.6 Å². The molecule has 0 saturated heterocycles. The standard InChI is InChI=1S/C13H17NO3S/c1-11-4-6-13(7-5-11)18(16,17)14-9-2-3-12(14)8-10-15/h2-7,12,15H,8-10H2,1H3/t12-/m1/s1. The van der Waals surface area contributed by atoms with E-state index in [2.05, 4.69) is 0 Å². The highest BCUT2D eigenvalue weighted by Gasteiger charge is 2.31. The first kappa shape index (κ1) is 13.3. The van der Waals surface area contributed by atoms with Crippen molar-refractivity contribution < 1.29 is 13.5 Å². The lowest BCUT2D eigenvalue weighted by atomic mass is 10.2. The van der Waals surface area contributed by atoms with Gasteiger partial charge in [-0.2, -0.15) is 4.31 Å². The zero-order valence-corrected chi connectivity index (χ0v) is 11.1. The number of nitrogens with zero attached hydrogens (tertiary/aromatic N) is 1. The van der Waals surface area contributed by atoms with E-state index in [1.54, 1.807) is 24.3 Å². The SMILES string of the molecule is Cc1ccc(S(=O)(=O)N2CC=C[C@@H]2CCO)cc1. The summed E-state index contributed by atoms with van der Waals surface area (Å²) in [5.41, 5.74) is 1.03. The molecule has 1 aromatic carbocycles. The van der Waals surface area contributed by atoms with E-state index in [-0.39, 0.29) is 12.6 Å². The number of sulfonamides is 1. The third-order valence-corrected chi connectivity index (χ3v) is 4.97. The summed E-state index contributed by atoms with van der Waals surface area (Å²) in [7, 11) is -3.47. The van der Waals surface area contributed by atoms with Gasteiger partial charge in [-0.25, -0.2) is 8.42 Å². The monoisotopic (exact) mass is 267 g/mol. The molecule has 0 radical (unpaired) electrons. The van der Waals surface area contributed by atoms with E-state index in [1.807, 2.05) is 19.1 Å². The predicted molar refractivity (Wildman–Crippen MR) is 69.7 cm³/mol. The van der Waals surface area contributed by atoms with Crippen LogP contribution in [0.3, 0.4) is 0 Å². The first-order valence-corrected chi connectivity index (χ1v) is 7.36. The molecule has 1 aliphatic heterocycles. The number of aliphatic hydroxyl groups is 1. The van der Waals surface area contributed by atoms with E-state index in [4.69, 9.17) is 5.11 Å². The molecule has 0 bridgehead atoms. The predicted octanol–water partition coefficient (Wildman–Crippen LogP) is 1.31. The minimum Gasteiger partial charge on any atom is -0.396 e. The summed E-state index contributed by atoms with van der Waals surface area (Å²) in [6.07, 6.45) is 4.09. The molecular weight excluding hydrogens is 250 g/mol. The molecule has 0 aromatic heterocycles. The molecule has 98 valence electrons. The summed E-state index contributed by atoms with van der Waals surface area (Å²) in [6.45, 7) is 2.28. The number of hydrogen-bond acceptors (Lipinski definition) is 3. The normalized spacial score (nSPS) is 20.4. The van der Waals surface area contributed by atoms with Crippen LogP contribution in [0.1, 0.15) is 12.0 Å². The second-order valence-electron chi connectivity index (χ2n) is 4.40. The average molecular weight is 267 g/mol. The van der Waals surface area contributed by atoms with Crippen LogP contribution < -0.4 is 0 Å². The molecule has 18 heavy (non-hydrogen) atoms. The zero-order chi connectivity index (χ0) is 13.2. The molecule has 1 heterocycles. The Morgan fingerprint density at radius 1 is 1.33 bits per heavy atom. The maximum absolute atomic E-state index is 12.4. The summed E-state index contributed by atoms with van der Waals surface area (Å²) in [6, 6.07) is 6.59. The Labute approximate surface area is 108 Å². The van der Waals surface area contributed by atoms with Gasteiger partial charge in [0.25, 0.3) is 0 Å². The highest BCUT2D eigenvalue weighted by molar-refractivity contribution is 7.89. The van der Waals surface area contributed by atoms with Gasteiger partial charge >= 0.3 is 0 Å². The highest BCUT2D eigenvalue weighted by atomic mass is 32.2. The molecule has 5 heteroatoms. The summed E-state index contributed by atoms with van der Waals surface area (Å²) in [5, 5.41) is 8.96. The van der Waals surface area contributed by atoms with Crippen LogP contribution in [0.15, 0.2) is 41.3 Å². The van der Waals surface area contributed by atoms with E-state index in [9.17, 15) is 8.42 Å². The fourth-order valence-electron chi connectivity index (χ4n) is 2.05. The number of rotatable bonds is 4. The van der Waals surface area contributed by atoms with Gasteiger partial charge in [0.05, 0.1) is 4.90 Å². The van der Waals surface area contributed by atoms with Crippen molar-refractivity contribution in [1.82, 2.24) is 4.31 Å². The summed E-state index contributed by atoms with van der Waals surface area (Å²) in [5.74, 6) is 0. The van der Waals surface area contributed by atoms with Crippen molar-refractivity contribution in [3.63, 3.8) is 0 Å². The molecule has 1 aliphatic rings. The quantitative estimate of drug-likeness (QED) is 0.837. The maximum Gasteiger partial charge on any atom is 0.243 e. The molecule has 1 aromatic rings. The average Bonchev–Trinajstić information content (AvgIpc) is 2.79. The van der Waals surface area contributed by atoms with Crippen LogP contribution in [-0.2, 0) is 10.0 Å². The van der Waals surface area contributed by atoms with Gasteiger partial charge < -0.3 is 5.11 Å². The van der Waals surface area contributed by atoms with Crippen molar-refractivity contribution >= 4 is 10.0 Å². The Kier molecular flexibility index (Phi) is 3.85. The van der Waals surface area contributed by atoms with E-state index in [0.717, 1.165) is 5.56 Å². The highest BCUT2D eigenvalue weighted by Crippen LogP contribution is 2.23. The first-order chi connectivity index (χ1) is 8.55. The largest absolute Gasteiger partial charge is 0.396 e. The van der Waals surface area contributed by atoms with Gasteiger partial charge in [-0.3, -0.25) is 0 Å². The molecule has 0 spiro atoms. The molecule has 4 nitrogen and oxygen atoms in total. The van der Waals surface area contributed by atoms with Crippen LogP contribution in [0.5, 0.6) is 0 Å². The van der Waals surface area contributed by atoms with Crippen LogP contribution in [0, 0.1) is 6.92 Å². The fourth-order valence-corrected chi connectivity index (χ4v) is 3.61.